The van der Waals surface area contributed by atoms with E-state index in [0.717, 1.165) is 69.8 Å². The van der Waals surface area contributed by atoms with Crippen molar-refractivity contribution in [3.05, 3.63) is 18.2 Å². The number of aliphatic imine (C=N–C) groups is 1. The maximum atomic E-state index is 5.62. The van der Waals surface area contributed by atoms with Crippen LogP contribution in [0.3, 0.4) is 0 Å². The number of nitrogens with zero attached hydrogens (tertiary/aromatic N) is 3. The summed E-state index contributed by atoms with van der Waals surface area (Å²) < 4.78 is 7.81. The molecule has 0 aromatic carbocycles. The van der Waals surface area contributed by atoms with Crippen molar-refractivity contribution in [2.45, 2.75) is 45.6 Å². The van der Waals surface area contributed by atoms with Gasteiger partial charge in [-0.3, -0.25) is 4.99 Å². The third-order valence-corrected chi connectivity index (χ3v) is 4.07. The molecule has 0 unspecified atom stereocenters. The molecule has 1 aliphatic carbocycles. The highest BCUT2D eigenvalue weighted by Gasteiger charge is 2.20. The molecule has 6 nitrogen and oxygen atoms in total. The summed E-state index contributed by atoms with van der Waals surface area (Å²) in [6.07, 6.45) is 9.87. The van der Waals surface area contributed by atoms with Gasteiger partial charge in [-0.1, -0.05) is 0 Å². The van der Waals surface area contributed by atoms with E-state index in [9.17, 15) is 0 Å². The SMILES string of the molecule is CN=C(NCCCCn1ccnc1C)NCCCOCC1CC1.I. The molecule has 0 amide bonds. The molecule has 1 aromatic rings. The fourth-order valence-corrected chi connectivity index (χ4v) is 2.39. The lowest BCUT2D eigenvalue weighted by Gasteiger charge is -2.12. The summed E-state index contributed by atoms with van der Waals surface area (Å²) in [5, 5.41) is 6.69. The summed E-state index contributed by atoms with van der Waals surface area (Å²) >= 11 is 0. The van der Waals surface area contributed by atoms with Crippen LogP contribution >= 0.6 is 24.0 Å². The van der Waals surface area contributed by atoms with Gasteiger partial charge >= 0.3 is 0 Å². The Bertz CT molecular complexity index is 473. The molecule has 1 aromatic heterocycles. The Balaban J connectivity index is 0.00000288. The number of rotatable bonds is 11. The van der Waals surface area contributed by atoms with E-state index in [0.29, 0.717) is 0 Å². The molecule has 0 spiro atoms. The summed E-state index contributed by atoms with van der Waals surface area (Å²) in [5.41, 5.74) is 0. The number of nitrogens with one attached hydrogen (secondary N) is 2. The number of aromatic nitrogens is 2. The monoisotopic (exact) mass is 449 g/mol. The highest BCUT2D eigenvalue weighted by molar-refractivity contribution is 14.0. The Morgan fingerprint density at radius 2 is 2.04 bits per heavy atom. The van der Waals surface area contributed by atoms with Crippen molar-refractivity contribution in [3.8, 4) is 0 Å². The van der Waals surface area contributed by atoms with Gasteiger partial charge in [0.2, 0.25) is 0 Å². The van der Waals surface area contributed by atoms with Crippen molar-refractivity contribution in [3.63, 3.8) is 0 Å². The number of imidazole rings is 1. The van der Waals surface area contributed by atoms with Gasteiger partial charge in [0.1, 0.15) is 5.82 Å². The van der Waals surface area contributed by atoms with Gasteiger partial charge in [0, 0.05) is 52.3 Å². The second-order valence-electron chi connectivity index (χ2n) is 6.17. The quantitative estimate of drug-likeness (QED) is 0.236. The number of hydrogen-bond donors (Lipinski definition) is 2. The number of ether oxygens (including phenoxy) is 1. The van der Waals surface area contributed by atoms with Gasteiger partial charge in [0.15, 0.2) is 5.96 Å². The Morgan fingerprint density at radius 1 is 1.29 bits per heavy atom. The molecule has 0 radical (unpaired) electrons. The maximum absolute atomic E-state index is 5.62. The normalized spacial score (nSPS) is 14.3. The minimum atomic E-state index is 0. The van der Waals surface area contributed by atoms with Crippen LogP contribution in [0.4, 0.5) is 0 Å². The molecule has 0 saturated heterocycles. The standard InChI is InChI=1S/C17H31N5O.HI/c1-15-19-10-12-22(15)11-4-3-8-20-17(18-2)21-9-5-13-23-14-16-6-7-16;/h10,12,16H,3-9,11,13-14H2,1-2H3,(H2,18,20,21);1H. The average Bonchev–Trinajstić information content (AvgIpc) is 3.30. The second kappa shape index (κ2) is 12.5. The lowest BCUT2D eigenvalue weighted by Crippen LogP contribution is -2.38. The predicted octanol–water partition coefficient (Wildman–Crippen LogP) is 2.57. The smallest absolute Gasteiger partial charge is 0.190 e. The Kier molecular flexibility index (Phi) is 11.1. The second-order valence-corrected chi connectivity index (χ2v) is 6.17. The average molecular weight is 449 g/mol. The van der Waals surface area contributed by atoms with Crippen LogP contribution in [0.5, 0.6) is 0 Å². The fourth-order valence-electron chi connectivity index (χ4n) is 2.39. The van der Waals surface area contributed by atoms with E-state index in [1.807, 2.05) is 26.4 Å². The number of unbranched alkanes of at least 4 members (excludes halogenated alkanes) is 1. The number of halogens is 1. The third-order valence-electron chi connectivity index (χ3n) is 4.07. The van der Waals surface area contributed by atoms with Crippen LogP contribution in [0.15, 0.2) is 17.4 Å². The first-order valence-electron chi connectivity index (χ1n) is 8.79. The molecule has 24 heavy (non-hydrogen) atoms. The van der Waals surface area contributed by atoms with E-state index < -0.39 is 0 Å². The number of guanidine groups is 1. The molecule has 0 bridgehead atoms. The zero-order valence-electron chi connectivity index (χ0n) is 15.0. The summed E-state index contributed by atoms with van der Waals surface area (Å²) in [6.45, 7) is 6.69. The van der Waals surface area contributed by atoms with Gasteiger partial charge < -0.3 is 19.9 Å². The van der Waals surface area contributed by atoms with Gasteiger partial charge in [0.25, 0.3) is 0 Å². The lowest BCUT2D eigenvalue weighted by atomic mass is 10.3. The maximum Gasteiger partial charge on any atom is 0.190 e. The lowest BCUT2D eigenvalue weighted by molar-refractivity contribution is 0.123. The molecule has 0 atom stereocenters. The Hall–Kier alpha value is -0.830. The minimum absolute atomic E-state index is 0. The molecule has 1 heterocycles. The van der Waals surface area contributed by atoms with Crippen LogP contribution in [0.25, 0.3) is 0 Å². The van der Waals surface area contributed by atoms with Gasteiger partial charge in [-0.15, -0.1) is 24.0 Å². The van der Waals surface area contributed by atoms with Crippen molar-refractivity contribution in [1.82, 2.24) is 20.2 Å². The van der Waals surface area contributed by atoms with Crippen LogP contribution in [-0.4, -0.2) is 48.9 Å². The first-order valence-corrected chi connectivity index (χ1v) is 8.79. The number of hydrogen-bond acceptors (Lipinski definition) is 3. The van der Waals surface area contributed by atoms with Crippen LogP contribution in [0.2, 0.25) is 0 Å². The minimum Gasteiger partial charge on any atom is -0.381 e. The molecule has 7 heteroatoms. The molecule has 2 N–H and O–H groups in total. The first-order chi connectivity index (χ1) is 11.3. The zero-order chi connectivity index (χ0) is 16.3. The van der Waals surface area contributed by atoms with Crippen molar-refractivity contribution >= 4 is 29.9 Å². The van der Waals surface area contributed by atoms with Gasteiger partial charge in [-0.2, -0.15) is 0 Å². The highest BCUT2D eigenvalue weighted by Crippen LogP contribution is 2.28. The van der Waals surface area contributed by atoms with E-state index in [1.165, 1.54) is 12.8 Å². The largest absolute Gasteiger partial charge is 0.381 e. The van der Waals surface area contributed by atoms with Crippen LogP contribution in [0.1, 0.15) is 37.9 Å². The zero-order valence-corrected chi connectivity index (χ0v) is 17.3. The molecule has 1 aliphatic rings. The Labute approximate surface area is 162 Å². The van der Waals surface area contributed by atoms with E-state index in [-0.39, 0.29) is 24.0 Å². The molecule has 1 fully saturated rings. The van der Waals surface area contributed by atoms with Gasteiger partial charge in [-0.25, -0.2) is 4.98 Å². The van der Waals surface area contributed by atoms with Crippen LogP contribution < -0.4 is 10.6 Å². The topological polar surface area (TPSA) is 63.5 Å². The summed E-state index contributed by atoms with van der Waals surface area (Å²) in [5.74, 6) is 2.81. The van der Waals surface area contributed by atoms with Crippen molar-refractivity contribution in [2.24, 2.45) is 10.9 Å². The fraction of sp³-hybridized carbons (Fsp3) is 0.765. The summed E-state index contributed by atoms with van der Waals surface area (Å²) in [6, 6.07) is 0. The summed E-state index contributed by atoms with van der Waals surface area (Å²) in [4.78, 5) is 8.48. The third kappa shape index (κ3) is 8.86. The van der Waals surface area contributed by atoms with Crippen LogP contribution in [-0.2, 0) is 11.3 Å². The molecular formula is C17H32IN5O. The molecule has 138 valence electrons. The number of aryl methyl sites for hydroxylation is 2. The van der Waals surface area contributed by atoms with E-state index >= 15 is 0 Å². The van der Waals surface area contributed by atoms with Gasteiger partial charge in [-0.05, 0) is 44.9 Å². The first kappa shape index (κ1) is 21.2. The molecular weight excluding hydrogens is 417 g/mol. The Morgan fingerprint density at radius 3 is 2.67 bits per heavy atom. The van der Waals surface area contributed by atoms with E-state index in [2.05, 4.69) is 25.2 Å². The molecule has 1 saturated carbocycles. The van der Waals surface area contributed by atoms with Crippen molar-refractivity contribution in [2.75, 3.05) is 33.4 Å². The van der Waals surface area contributed by atoms with E-state index in [4.69, 9.17) is 4.74 Å². The highest BCUT2D eigenvalue weighted by atomic mass is 127. The molecule has 0 aliphatic heterocycles. The van der Waals surface area contributed by atoms with Crippen LogP contribution in [0, 0.1) is 12.8 Å². The van der Waals surface area contributed by atoms with Crippen molar-refractivity contribution in [1.29, 1.82) is 0 Å². The molecule has 2 rings (SSSR count). The summed E-state index contributed by atoms with van der Waals surface area (Å²) in [7, 11) is 1.81. The predicted molar refractivity (Wildman–Crippen MR) is 109 cm³/mol. The van der Waals surface area contributed by atoms with E-state index in [1.54, 1.807) is 0 Å². The van der Waals surface area contributed by atoms with Gasteiger partial charge in [0.05, 0.1) is 0 Å². The van der Waals surface area contributed by atoms with Crippen molar-refractivity contribution < 1.29 is 4.74 Å².